The highest BCUT2D eigenvalue weighted by molar-refractivity contribution is 7.99. The van der Waals surface area contributed by atoms with E-state index in [4.69, 9.17) is 4.74 Å². The van der Waals surface area contributed by atoms with Crippen LogP contribution in [-0.2, 0) is 9.53 Å². The number of carbonyl (C=O) groups is 1. The predicted octanol–water partition coefficient (Wildman–Crippen LogP) is 1.46. The summed E-state index contributed by atoms with van der Waals surface area (Å²) in [4.78, 5) is 14.2. The lowest BCUT2D eigenvalue weighted by Crippen LogP contribution is -2.46. The Bertz CT molecular complexity index is 630. The van der Waals surface area contributed by atoms with Gasteiger partial charge in [0.15, 0.2) is 10.8 Å². The van der Waals surface area contributed by atoms with Crippen LogP contribution in [0.1, 0.15) is 13.3 Å². The van der Waals surface area contributed by atoms with Gasteiger partial charge in [0.05, 0.1) is 18.5 Å². The summed E-state index contributed by atoms with van der Waals surface area (Å²) in [6, 6.07) is 5.74. The molecule has 2 aromatic rings. The molecule has 1 fully saturated rings. The third-order valence-corrected chi connectivity index (χ3v) is 4.48. The minimum atomic E-state index is 0.134. The van der Waals surface area contributed by atoms with Crippen molar-refractivity contribution in [3.05, 3.63) is 24.4 Å². The number of ether oxygens (including phenoxy) is 1. The first kappa shape index (κ1) is 14.3. The van der Waals surface area contributed by atoms with Gasteiger partial charge in [0.1, 0.15) is 0 Å². The lowest BCUT2D eigenvalue weighted by molar-refractivity contribution is -0.135. The Hall–Kier alpha value is -1.60. The van der Waals surface area contributed by atoms with E-state index in [1.54, 1.807) is 0 Å². The third kappa shape index (κ3) is 3.19. The molecule has 21 heavy (non-hydrogen) atoms. The molecule has 1 aliphatic heterocycles. The first-order valence-electron chi connectivity index (χ1n) is 7.10. The number of amides is 1. The van der Waals surface area contributed by atoms with Gasteiger partial charge in [0, 0.05) is 19.3 Å². The lowest BCUT2D eigenvalue weighted by atomic mass is 10.2. The average molecular weight is 306 g/mol. The fraction of sp³-hybridized carbons (Fsp3) is 0.500. The summed E-state index contributed by atoms with van der Waals surface area (Å²) in [6.45, 7) is 4.07. The van der Waals surface area contributed by atoms with Crippen molar-refractivity contribution >= 4 is 23.3 Å². The van der Waals surface area contributed by atoms with Gasteiger partial charge in [-0.05, 0) is 18.6 Å². The predicted molar refractivity (Wildman–Crippen MR) is 80.3 cm³/mol. The summed E-state index contributed by atoms with van der Waals surface area (Å²) >= 11 is 1.42. The quantitative estimate of drug-likeness (QED) is 0.800. The van der Waals surface area contributed by atoms with E-state index in [1.807, 2.05) is 33.7 Å². The fourth-order valence-electron chi connectivity index (χ4n) is 2.33. The molecule has 0 N–H and O–H groups in total. The smallest absolute Gasteiger partial charge is 0.233 e. The molecule has 1 aliphatic rings. The molecule has 0 bridgehead atoms. The van der Waals surface area contributed by atoms with Crippen LogP contribution in [-0.4, -0.2) is 57.0 Å². The molecule has 2 aromatic heterocycles. The van der Waals surface area contributed by atoms with Gasteiger partial charge in [-0.1, -0.05) is 24.8 Å². The standard InChI is InChI=1S/C14H18N4O2S/c1-2-11-9-17(7-8-20-11)13(19)10-21-14-16-15-12-5-3-4-6-18(12)14/h3-6,11H,2,7-10H2,1H3/t11-/m1/s1. The van der Waals surface area contributed by atoms with E-state index in [-0.39, 0.29) is 12.0 Å². The molecule has 7 heteroatoms. The second-order valence-electron chi connectivity index (χ2n) is 4.94. The van der Waals surface area contributed by atoms with Gasteiger partial charge in [-0.3, -0.25) is 9.20 Å². The highest BCUT2D eigenvalue weighted by atomic mass is 32.2. The molecule has 0 unspecified atom stereocenters. The van der Waals surface area contributed by atoms with E-state index >= 15 is 0 Å². The Morgan fingerprint density at radius 1 is 1.48 bits per heavy atom. The number of hydrogen-bond donors (Lipinski definition) is 0. The number of rotatable bonds is 4. The van der Waals surface area contributed by atoms with Crippen LogP contribution in [0.3, 0.4) is 0 Å². The van der Waals surface area contributed by atoms with E-state index < -0.39 is 0 Å². The van der Waals surface area contributed by atoms with Gasteiger partial charge in [0.25, 0.3) is 0 Å². The Morgan fingerprint density at radius 3 is 3.24 bits per heavy atom. The maximum absolute atomic E-state index is 12.3. The average Bonchev–Trinajstić information content (AvgIpc) is 2.96. The largest absolute Gasteiger partial charge is 0.375 e. The Labute approximate surface area is 127 Å². The summed E-state index contributed by atoms with van der Waals surface area (Å²) in [6.07, 6.45) is 3.01. The first-order chi connectivity index (χ1) is 10.3. The summed E-state index contributed by atoms with van der Waals surface area (Å²) in [5, 5.41) is 8.95. The van der Waals surface area contributed by atoms with Crippen molar-refractivity contribution in [3.63, 3.8) is 0 Å². The van der Waals surface area contributed by atoms with E-state index in [1.165, 1.54) is 11.8 Å². The maximum Gasteiger partial charge on any atom is 0.233 e. The topological polar surface area (TPSA) is 59.7 Å². The second-order valence-corrected chi connectivity index (χ2v) is 5.88. The summed E-state index contributed by atoms with van der Waals surface area (Å²) < 4.78 is 7.48. The highest BCUT2D eigenvalue weighted by Crippen LogP contribution is 2.18. The van der Waals surface area contributed by atoms with Crippen LogP contribution in [0.25, 0.3) is 5.65 Å². The SMILES string of the molecule is CC[C@@H]1CN(C(=O)CSc2nnc3ccccn23)CCO1. The van der Waals surface area contributed by atoms with Crippen LogP contribution in [0.15, 0.2) is 29.6 Å². The number of carbonyl (C=O) groups excluding carboxylic acids is 1. The van der Waals surface area contributed by atoms with E-state index in [0.29, 0.717) is 25.4 Å². The number of nitrogens with zero attached hydrogens (tertiary/aromatic N) is 4. The van der Waals surface area contributed by atoms with Crippen molar-refractivity contribution < 1.29 is 9.53 Å². The molecule has 1 amide bonds. The zero-order chi connectivity index (χ0) is 14.7. The number of pyridine rings is 1. The summed E-state index contributed by atoms with van der Waals surface area (Å²) in [5.74, 6) is 0.515. The van der Waals surface area contributed by atoms with Crippen molar-refractivity contribution in [1.29, 1.82) is 0 Å². The van der Waals surface area contributed by atoms with E-state index in [0.717, 1.165) is 17.2 Å². The fourth-order valence-corrected chi connectivity index (χ4v) is 3.16. The van der Waals surface area contributed by atoms with Gasteiger partial charge < -0.3 is 9.64 Å². The molecule has 1 saturated heterocycles. The van der Waals surface area contributed by atoms with Crippen LogP contribution < -0.4 is 0 Å². The maximum atomic E-state index is 12.3. The molecule has 0 spiro atoms. The van der Waals surface area contributed by atoms with Gasteiger partial charge >= 0.3 is 0 Å². The van der Waals surface area contributed by atoms with Crippen LogP contribution in [0.5, 0.6) is 0 Å². The number of aromatic nitrogens is 3. The van der Waals surface area contributed by atoms with Crippen molar-refractivity contribution in [1.82, 2.24) is 19.5 Å². The number of fused-ring (bicyclic) bond motifs is 1. The molecule has 0 radical (unpaired) electrons. The molecule has 0 aliphatic carbocycles. The molecular weight excluding hydrogens is 288 g/mol. The molecule has 0 aromatic carbocycles. The van der Waals surface area contributed by atoms with Gasteiger partial charge in [-0.2, -0.15) is 0 Å². The Morgan fingerprint density at radius 2 is 2.38 bits per heavy atom. The van der Waals surface area contributed by atoms with Crippen molar-refractivity contribution in [2.45, 2.75) is 24.6 Å². The highest BCUT2D eigenvalue weighted by Gasteiger charge is 2.23. The molecule has 1 atom stereocenters. The van der Waals surface area contributed by atoms with Crippen LogP contribution in [0.4, 0.5) is 0 Å². The molecule has 3 heterocycles. The Kier molecular flexibility index (Phi) is 4.40. The Balaban J connectivity index is 1.60. The molecule has 6 nitrogen and oxygen atoms in total. The molecule has 3 rings (SSSR count). The zero-order valence-electron chi connectivity index (χ0n) is 11.9. The third-order valence-electron chi connectivity index (χ3n) is 3.55. The number of hydrogen-bond acceptors (Lipinski definition) is 5. The van der Waals surface area contributed by atoms with E-state index in [2.05, 4.69) is 17.1 Å². The monoisotopic (exact) mass is 306 g/mol. The first-order valence-corrected chi connectivity index (χ1v) is 8.08. The van der Waals surface area contributed by atoms with Crippen LogP contribution in [0.2, 0.25) is 0 Å². The molecular formula is C14H18N4O2S. The van der Waals surface area contributed by atoms with Crippen molar-refractivity contribution in [3.8, 4) is 0 Å². The van der Waals surface area contributed by atoms with Crippen LogP contribution >= 0.6 is 11.8 Å². The van der Waals surface area contributed by atoms with Crippen LogP contribution in [0, 0.1) is 0 Å². The molecule has 112 valence electrons. The van der Waals surface area contributed by atoms with E-state index in [9.17, 15) is 4.79 Å². The minimum Gasteiger partial charge on any atom is -0.375 e. The summed E-state index contributed by atoms with van der Waals surface area (Å²) in [5.41, 5.74) is 0.796. The van der Waals surface area contributed by atoms with Crippen molar-refractivity contribution in [2.75, 3.05) is 25.4 Å². The number of thioether (sulfide) groups is 1. The second kappa shape index (κ2) is 6.44. The minimum absolute atomic E-state index is 0.134. The molecule has 0 saturated carbocycles. The number of morpholine rings is 1. The normalized spacial score (nSPS) is 19.1. The van der Waals surface area contributed by atoms with Gasteiger partial charge in [-0.15, -0.1) is 10.2 Å². The lowest BCUT2D eigenvalue weighted by Gasteiger charge is -2.32. The summed E-state index contributed by atoms with van der Waals surface area (Å²) in [7, 11) is 0. The van der Waals surface area contributed by atoms with Crippen molar-refractivity contribution in [2.24, 2.45) is 0 Å². The van der Waals surface area contributed by atoms with Gasteiger partial charge in [0.2, 0.25) is 5.91 Å². The zero-order valence-corrected chi connectivity index (χ0v) is 12.8. The van der Waals surface area contributed by atoms with Gasteiger partial charge in [-0.25, -0.2) is 0 Å².